The highest BCUT2D eigenvalue weighted by Crippen LogP contribution is 2.47. The van der Waals surface area contributed by atoms with Crippen LogP contribution in [-0.4, -0.2) is 44.0 Å². The lowest BCUT2D eigenvalue weighted by atomic mass is 10.3. The third-order valence-corrected chi connectivity index (χ3v) is 5.05. The maximum atomic E-state index is 12.7. The van der Waals surface area contributed by atoms with Crippen molar-refractivity contribution in [1.29, 1.82) is 0 Å². The SMILES string of the molecule is CN(C)C[P@](=O)(Nc1ccccc1)N(C)C. The smallest absolute Gasteiger partial charge is 0.250 e. The molecule has 1 rings (SSSR count). The van der Waals surface area contributed by atoms with Crippen LogP contribution in [0.5, 0.6) is 0 Å². The molecule has 0 aliphatic heterocycles. The standard InChI is InChI=1S/C11H20N3OP/c1-13(2)10-16(15,14(3)4)12-11-8-6-5-7-9-11/h5-9H,10H2,1-4H3,(H,12,15)/t16-/m0/s1. The molecule has 1 aromatic rings. The summed E-state index contributed by atoms with van der Waals surface area (Å²) in [6.07, 6.45) is 0.509. The van der Waals surface area contributed by atoms with E-state index in [4.69, 9.17) is 0 Å². The van der Waals surface area contributed by atoms with Crippen LogP contribution in [0, 0.1) is 0 Å². The summed E-state index contributed by atoms with van der Waals surface area (Å²) < 4.78 is 14.4. The Morgan fingerprint density at radius 3 is 2.12 bits per heavy atom. The van der Waals surface area contributed by atoms with E-state index >= 15 is 0 Å². The first-order valence-electron chi connectivity index (χ1n) is 5.19. The molecule has 0 spiro atoms. The lowest BCUT2D eigenvalue weighted by molar-refractivity contribution is 0.438. The van der Waals surface area contributed by atoms with Gasteiger partial charge in [-0.1, -0.05) is 18.2 Å². The van der Waals surface area contributed by atoms with Gasteiger partial charge in [-0.2, -0.15) is 0 Å². The molecule has 0 aliphatic carbocycles. The second-order valence-corrected chi connectivity index (χ2v) is 6.96. The van der Waals surface area contributed by atoms with E-state index in [-0.39, 0.29) is 0 Å². The van der Waals surface area contributed by atoms with Gasteiger partial charge in [-0.15, -0.1) is 0 Å². The minimum Gasteiger partial charge on any atom is -0.324 e. The maximum Gasteiger partial charge on any atom is 0.250 e. The van der Waals surface area contributed by atoms with Crippen molar-refractivity contribution in [2.24, 2.45) is 0 Å². The van der Waals surface area contributed by atoms with Crippen LogP contribution in [-0.2, 0) is 4.57 Å². The first-order valence-corrected chi connectivity index (χ1v) is 7.03. The van der Waals surface area contributed by atoms with Crippen LogP contribution < -0.4 is 5.09 Å². The fourth-order valence-electron chi connectivity index (χ4n) is 1.36. The summed E-state index contributed by atoms with van der Waals surface area (Å²) in [5, 5.41) is 3.13. The molecule has 0 saturated heterocycles. The fourth-order valence-corrected chi connectivity index (χ4v) is 3.20. The summed E-state index contributed by atoms with van der Waals surface area (Å²) in [6, 6.07) is 9.64. The van der Waals surface area contributed by atoms with Gasteiger partial charge in [-0.3, -0.25) is 9.46 Å². The van der Waals surface area contributed by atoms with Gasteiger partial charge in [0, 0.05) is 5.69 Å². The lowest BCUT2D eigenvalue weighted by Gasteiger charge is -2.28. The topological polar surface area (TPSA) is 35.6 Å². The number of anilines is 1. The van der Waals surface area contributed by atoms with Crippen molar-refractivity contribution in [1.82, 2.24) is 9.57 Å². The monoisotopic (exact) mass is 241 g/mol. The summed E-state index contributed by atoms with van der Waals surface area (Å²) in [5.41, 5.74) is 0.890. The molecule has 0 amide bonds. The van der Waals surface area contributed by atoms with E-state index in [1.165, 1.54) is 0 Å². The number of nitrogens with zero attached hydrogens (tertiary/aromatic N) is 2. The zero-order valence-electron chi connectivity index (χ0n) is 10.3. The van der Waals surface area contributed by atoms with Crippen molar-refractivity contribution in [2.75, 3.05) is 39.6 Å². The van der Waals surface area contributed by atoms with Crippen LogP contribution in [0.1, 0.15) is 0 Å². The number of hydrogen-bond acceptors (Lipinski definition) is 2. The highest BCUT2D eigenvalue weighted by molar-refractivity contribution is 7.62. The largest absolute Gasteiger partial charge is 0.324 e. The van der Waals surface area contributed by atoms with Crippen molar-refractivity contribution in [3.05, 3.63) is 30.3 Å². The van der Waals surface area contributed by atoms with Gasteiger partial charge in [0.25, 0.3) is 0 Å². The molecule has 0 aromatic heterocycles. The van der Waals surface area contributed by atoms with Gasteiger partial charge < -0.3 is 5.09 Å². The zero-order valence-corrected chi connectivity index (χ0v) is 11.2. The van der Waals surface area contributed by atoms with Crippen molar-refractivity contribution in [3.8, 4) is 0 Å². The Labute approximate surface area is 97.7 Å². The van der Waals surface area contributed by atoms with Crippen molar-refractivity contribution < 1.29 is 4.57 Å². The first kappa shape index (κ1) is 13.2. The Hall–Kier alpha value is -0.830. The molecule has 0 heterocycles. The van der Waals surface area contributed by atoms with Gasteiger partial charge >= 0.3 is 0 Å². The molecular formula is C11H20N3OP. The van der Waals surface area contributed by atoms with Crippen LogP contribution in [0.2, 0.25) is 0 Å². The van der Waals surface area contributed by atoms with Gasteiger partial charge in [0.1, 0.15) is 0 Å². The summed E-state index contributed by atoms with van der Waals surface area (Å²) in [6.45, 7) is 0. The molecule has 90 valence electrons. The van der Waals surface area contributed by atoms with Crippen LogP contribution in [0.3, 0.4) is 0 Å². The van der Waals surface area contributed by atoms with E-state index in [9.17, 15) is 4.57 Å². The maximum absolute atomic E-state index is 12.7. The van der Waals surface area contributed by atoms with E-state index in [0.717, 1.165) is 5.69 Å². The van der Waals surface area contributed by atoms with Crippen LogP contribution in [0.15, 0.2) is 30.3 Å². The third kappa shape index (κ3) is 3.63. The molecule has 4 nitrogen and oxygen atoms in total. The van der Waals surface area contributed by atoms with Crippen LogP contribution >= 0.6 is 7.44 Å². The highest BCUT2D eigenvalue weighted by Gasteiger charge is 2.25. The molecule has 0 saturated carbocycles. The van der Waals surface area contributed by atoms with E-state index in [0.29, 0.717) is 6.29 Å². The third-order valence-electron chi connectivity index (χ3n) is 2.20. The lowest BCUT2D eigenvalue weighted by Crippen LogP contribution is -2.24. The molecule has 16 heavy (non-hydrogen) atoms. The minimum atomic E-state index is -2.56. The predicted molar refractivity (Wildman–Crippen MR) is 69.9 cm³/mol. The number of hydrogen-bond donors (Lipinski definition) is 1. The average Bonchev–Trinajstić information content (AvgIpc) is 2.17. The van der Waals surface area contributed by atoms with Crippen molar-refractivity contribution >= 4 is 13.1 Å². The molecular weight excluding hydrogens is 221 g/mol. The predicted octanol–water partition coefficient (Wildman–Crippen LogP) is 2.37. The minimum absolute atomic E-state index is 0.509. The number of benzene rings is 1. The second-order valence-electron chi connectivity index (χ2n) is 4.25. The van der Waals surface area contributed by atoms with Crippen molar-refractivity contribution in [3.63, 3.8) is 0 Å². The summed E-state index contributed by atoms with van der Waals surface area (Å²) in [7, 11) is 4.95. The molecule has 0 aliphatic rings. The summed E-state index contributed by atoms with van der Waals surface area (Å²) in [5.74, 6) is 0. The number of rotatable bonds is 5. The van der Waals surface area contributed by atoms with Gasteiger partial charge in [-0.25, -0.2) is 4.67 Å². The Balaban J connectivity index is 2.84. The Bertz CT molecular complexity index is 365. The molecule has 0 fully saturated rings. The van der Waals surface area contributed by atoms with Crippen LogP contribution in [0.4, 0.5) is 5.69 Å². The van der Waals surface area contributed by atoms with E-state index in [1.807, 2.05) is 63.4 Å². The van der Waals surface area contributed by atoms with Gasteiger partial charge in [0.15, 0.2) is 0 Å². The summed E-state index contributed by atoms with van der Waals surface area (Å²) in [4.78, 5) is 1.93. The molecule has 1 atom stereocenters. The van der Waals surface area contributed by atoms with Crippen molar-refractivity contribution in [2.45, 2.75) is 0 Å². The fraction of sp³-hybridized carbons (Fsp3) is 0.455. The quantitative estimate of drug-likeness (QED) is 0.803. The molecule has 0 unspecified atom stereocenters. The van der Waals surface area contributed by atoms with E-state index in [2.05, 4.69) is 5.09 Å². The zero-order chi connectivity index (χ0) is 12.2. The number of nitrogens with one attached hydrogen (secondary N) is 1. The Morgan fingerprint density at radius 2 is 1.69 bits per heavy atom. The van der Waals surface area contributed by atoms with Gasteiger partial charge in [-0.05, 0) is 40.3 Å². The molecule has 1 aromatic carbocycles. The molecule has 1 N–H and O–H groups in total. The normalized spacial score (nSPS) is 15.1. The Kier molecular flexibility index (Phi) is 4.54. The molecule has 0 bridgehead atoms. The summed E-state index contributed by atoms with van der Waals surface area (Å²) >= 11 is 0. The second kappa shape index (κ2) is 5.48. The average molecular weight is 241 g/mol. The van der Waals surface area contributed by atoms with E-state index < -0.39 is 7.44 Å². The van der Waals surface area contributed by atoms with E-state index in [1.54, 1.807) is 4.67 Å². The van der Waals surface area contributed by atoms with Gasteiger partial charge in [0.05, 0.1) is 6.29 Å². The molecule has 5 heteroatoms. The highest BCUT2D eigenvalue weighted by atomic mass is 31.2. The Morgan fingerprint density at radius 1 is 1.12 bits per heavy atom. The molecule has 0 radical (unpaired) electrons. The van der Waals surface area contributed by atoms with Crippen LogP contribution in [0.25, 0.3) is 0 Å². The first-order chi connectivity index (χ1) is 7.44. The van der Waals surface area contributed by atoms with Gasteiger partial charge in [0.2, 0.25) is 7.44 Å². The number of para-hydroxylation sites is 1.